The van der Waals surface area contributed by atoms with E-state index in [0.29, 0.717) is 23.6 Å². The quantitative estimate of drug-likeness (QED) is 0.387. The van der Waals surface area contributed by atoms with Gasteiger partial charge in [-0.25, -0.2) is 4.98 Å². The highest BCUT2D eigenvalue weighted by atomic mass is 35.5. The first kappa shape index (κ1) is 25.6. The third kappa shape index (κ3) is 5.51. The number of amides is 2. The normalized spacial score (nSPS) is 17.9. The van der Waals surface area contributed by atoms with Gasteiger partial charge in [-0.2, -0.15) is 0 Å². The zero-order valence-corrected chi connectivity index (χ0v) is 20.5. The van der Waals surface area contributed by atoms with Gasteiger partial charge in [-0.05, 0) is 60.7 Å². The maximum atomic E-state index is 13.0. The van der Waals surface area contributed by atoms with Crippen molar-refractivity contribution in [3.8, 4) is 17.0 Å². The van der Waals surface area contributed by atoms with Crippen molar-refractivity contribution >= 4 is 23.4 Å². The van der Waals surface area contributed by atoms with Gasteiger partial charge in [-0.15, -0.1) is 0 Å². The maximum Gasteiger partial charge on any atom is 0.255 e. The predicted molar refractivity (Wildman–Crippen MR) is 135 cm³/mol. The number of halogens is 1. The number of hydrogen-bond donors (Lipinski definition) is 4. The van der Waals surface area contributed by atoms with Crippen molar-refractivity contribution < 1.29 is 24.9 Å². The molecular weight excluding hydrogens is 482 g/mol. The lowest BCUT2D eigenvalue weighted by Gasteiger charge is -2.29. The molecule has 1 unspecified atom stereocenters. The van der Waals surface area contributed by atoms with Crippen LogP contribution < -0.4 is 5.32 Å². The van der Waals surface area contributed by atoms with Crippen LogP contribution in [0.1, 0.15) is 43.0 Å². The van der Waals surface area contributed by atoms with Crippen molar-refractivity contribution in [2.24, 2.45) is 0 Å². The Morgan fingerprint density at radius 1 is 1.08 bits per heavy atom. The zero-order chi connectivity index (χ0) is 25.8. The third-order valence-corrected chi connectivity index (χ3v) is 6.69. The van der Waals surface area contributed by atoms with Gasteiger partial charge < -0.3 is 25.5 Å². The Morgan fingerprint density at radius 3 is 2.53 bits per heavy atom. The summed E-state index contributed by atoms with van der Waals surface area (Å²) in [6.07, 6.45) is -0.886. The first-order valence-corrected chi connectivity index (χ1v) is 12.1. The van der Waals surface area contributed by atoms with Crippen LogP contribution in [0, 0.1) is 0 Å². The van der Waals surface area contributed by atoms with E-state index in [4.69, 9.17) is 11.6 Å². The minimum absolute atomic E-state index is 0.0796. The predicted octanol–water partition coefficient (Wildman–Crippen LogP) is 3.37. The summed E-state index contributed by atoms with van der Waals surface area (Å²) in [5, 5.41) is 34.1. The van der Waals surface area contributed by atoms with Gasteiger partial charge in [-0.3, -0.25) is 9.59 Å². The number of aromatic nitrogens is 1. The number of pyridine rings is 1. The summed E-state index contributed by atoms with van der Waals surface area (Å²) in [5.74, 6) is -1.63. The van der Waals surface area contributed by atoms with E-state index < -0.39 is 30.1 Å². The van der Waals surface area contributed by atoms with Gasteiger partial charge >= 0.3 is 0 Å². The number of nitrogens with one attached hydrogen (secondary N) is 1. The lowest BCUT2D eigenvalue weighted by Crippen LogP contribution is -2.50. The monoisotopic (exact) mass is 509 g/mol. The van der Waals surface area contributed by atoms with Crippen LogP contribution in [0.25, 0.3) is 11.1 Å². The second kappa shape index (κ2) is 11.1. The van der Waals surface area contributed by atoms with E-state index in [2.05, 4.69) is 10.3 Å². The Morgan fingerprint density at radius 2 is 1.83 bits per heavy atom. The fraction of sp³-hybridized carbons (Fsp3) is 0.296. The molecule has 0 saturated carbocycles. The van der Waals surface area contributed by atoms with Crippen LogP contribution >= 0.6 is 11.6 Å². The molecule has 9 heteroatoms. The number of nitrogens with zero attached hydrogens (tertiary/aromatic N) is 2. The molecule has 4 N–H and O–H groups in total. The molecule has 1 aliphatic heterocycles. The molecule has 36 heavy (non-hydrogen) atoms. The SMILES string of the molecule is C[C@@H](NC(=O)[C@H](O)[C@@H](O)C(=O)N1CCCC1c1cccc(Cl)c1)c1ccc(-c2cccnc2O)cc1. The van der Waals surface area contributed by atoms with E-state index in [9.17, 15) is 24.9 Å². The summed E-state index contributed by atoms with van der Waals surface area (Å²) < 4.78 is 0. The van der Waals surface area contributed by atoms with E-state index in [-0.39, 0.29) is 11.9 Å². The summed E-state index contributed by atoms with van der Waals surface area (Å²) in [4.78, 5) is 31.0. The first-order chi connectivity index (χ1) is 17.3. The van der Waals surface area contributed by atoms with E-state index in [1.54, 1.807) is 61.5 Å². The second-order valence-corrected chi connectivity index (χ2v) is 9.30. The molecular formula is C27H28ClN3O5. The molecule has 2 heterocycles. The Bertz CT molecular complexity index is 1240. The van der Waals surface area contributed by atoms with Gasteiger partial charge in [0.15, 0.2) is 12.2 Å². The van der Waals surface area contributed by atoms with Crippen LogP contribution in [0.4, 0.5) is 0 Å². The van der Waals surface area contributed by atoms with Crippen molar-refractivity contribution in [3.05, 3.63) is 83.0 Å². The van der Waals surface area contributed by atoms with E-state index in [1.807, 2.05) is 6.07 Å². The molecule has 1 fully saturated rings. The van der Waals surface area contributed by atoms with Crippen LogP contribution in [-0.2, 0) is 9.59 Å². The molecule has 3 aromatic rings. The molecule has 1 aromatic heterocycles. The second-order valence-electron chi connectivity index (χ2n) is 8.86. The van der Waals surface area contributed by atoms with Gasteiger partial charge in [0, 0.05) is 23.3 Å². The Hall–Kier alpha value is -3.46. The fourth-order valence-electron chi connectivity index (χ4n) is 4.49. The van der Waals surface area contributed by atoms with Crippen molar-refractivity contribution in [2.75, 3.05) is 6.54 Å². The third-order valence-electron chi connectivity index (χ3n) is 6.46. The number of aliphatic hydroxyl groups excluding tert-OH is 2. The molecule has 0 spiro atoms. The summed E-state index contributed by atoms with van der Waals surface area (Å²) in [5.41, 5.74) is 2.92. The number of aromatic hydroxyl groups is 1. The molecule has 1 aliphatic rings. The maximum absolute atomic E-state index is 13.0. The lowest BCUT2D eigenvalue weighted by atomic mass is 10.0. The average Bonchev–Trinajstić information content (AvgIpc) is 3.38. The molecule has 4 atom stereocenters. The lowest BCUT2D eigenvalue weighted by molar-refractivity contribution is -0.154. The van der Waals surface area contributed by atoms with Crippen molar-refractivity contribution in [1.82, 2.24) is 15.2 Å². The van der Waals surface area contributed by atoms with Gasteiger partial charge in [0.1, 0.15) is 0 Å². The van der Waals surface area contributed by atoms with Crippen molar-refractivity contribution in [1.29, 1.82) is 0 Å². The number of carbonyl (C=O) groups is 2. The molecule has 188 valence electrons. The van der Waals surface area contributed by atoms with Gasteiger partial charge in [0.05, 0.1) is 12.1 Å². The number of aliphatic hydroxyl groups is 2. The molecule has 4 rings (SSSR count). The Labute approximate surface area is 214 Å². The molecule has 8 nitrogen and oxygen atoms in total. The van der Waals surface area contributed by atoms with Crippen LogP contribution in [0.2, 0.25) is 5.02 Å². The molecule has 0 radical (unpaired) electrons. The molecule has 2 amide bonds. The summed E-state index contributed by atoms with van der Waals surface area (Å²) in [7, 11) is 0. The number of likely N-dealkylation sites (tertiary alicyclic amines) is 1. The minimum atomic E-state index is -1.92. The van der Waals surface area contributed by atoms with E-state index in [1.165, 1.54) is 11.1 Å². The molecule has 0 bridgehead atoms. The first-order valence-electron chi connectivity index (χ1n) is 11.7. The molecule has 2 aromatic carbocycles. The van der Waals surface area contributed by atoms with Gasteiger partial charge in [0.2, 0.25) is 5.88 Å². The minimum Gasteiger partial charge on any atom is -0.493 e. The van der Waals surface area contributed by atoms with Crippen molar-refractivity contribution in [2.45, 2.75) is 44.1 Å². The average molecular weight is 510 g/mol. The topological polar surface area (TPSA) is 123 Å². The Kier molecular flexibility index (Phi) is 7.88. The van der Waals surface area contributed by atoms with Crippen molar-refractivity contribution in [3.63, 3.8) is 0 Å². The highest BCUT2D eigenvalue weighted by Crippen LogP contribution is 2.34. The highest BCUT2D eigenvalue weighted by molar-refractivity contribution is 6.30. The Balaban J connectivity index is 1.39. The summed E-state index contributed by atoms with van der Waals surface area (Å²) in [6.45, 7) is 2.14. The van der Waals surface area contributed by atoms with Gasteiger partial charge in [-0.1, -0.05) is 48.0 Å². The number of benzene rings is 2. The van der Waals surface area contributed by atoms with E-state index in [0.717, 1.165) is 23.1 Å². The number of hydrogen-bond acceptors (Lipinski definition) is 6. The standard InChI is InChI=1S/C27H28ClN3O5/c1-16(17-9-11-18(12-10-17)21-7-3-13-29-25(21)34)30-26(35)23(32)24(33)27(36)31-14-4-8-22(31)19-5-2-6-20(28)15-19/h2-3,5-7,9-13,15-16,22-24,32-33H,4,8,14H2,1H3,(H,29,34)(H,30,35)/t16-,22?,23-,24-/m1/s1. The summed E-state index contributed by atoms with van der Waals surface area (Å²) >= 11 is 6.09. The fourth-order valence-corrected chi connectivity index (χ4v) is 4.69. The van der Waals surface area contributed by atoms with E-state index >= 15 is 0 Å². The molecule has 1 saturated heterocycles. The van der Waals surface area contributed by atoms with Crippen LogP contribution in [0.15, 0.2) is 66.9 Å². The smallest absolute Gasteiger partial charge is 0.255 e. The highest BCUT2D eigenvalue weighted by Gasteiger charge is 2.38. The van der Waals surface area contributed by atoms with Crippen LogP contribution in [-0.4, -0.2) is 55.8 Å². The largest absolute Gasteiger partial charge is 0.493 e. The summed E-state index contributed by atoms with van der Waals surface area (Å²) in [6, 6.07) is 17.0. The molecule has 0 aliphatic carbocycles. The van der Waals surface area contributed by atoms with Gasteiger partial charge in [0.25, 0.3) is 11.8 Å². The van der Waals surface area contributed by atoms with Crippen LogP contribution in [0.3, 0.4) is 0 Å². The van der Waals surface area contributed by atoms with Crippen LogP contribution in [0.5, 0.6) is 5.88 Å². The number of rotatable bonds is 7. The number of carbonyl (C=O) groups excluding carboxylic acids is 2. The zero-order valence-electron chi connectivity index (χ0n) is 19.7.